The molecule has 1 aliphatic rings. The summed E-state index contributed by atoms with van der Waals surface area (Å²) in [7, 11) is 0. The van der Waals surface area contributed by atoms with Crippen LogP contribution in [0.4, 0.5) is 5.69 Å². The first-order valence-electron chi connectivity index (χ1n) is 9.82. The van der Waals surface area contributed by atoms with E-state index < -0.39 is 0 Å². The van der Waals surface area contributed by atoms with Crippen LogP contribution in [-0.2, 0) is 17.7 Å². The number of aromatic nitrogens is 3. The van der Waals surface area contributed by atoms with E-state index in [9.17, 15) is 0 Å². The minimum Gasteiger partial charge on any atom is -0.373 e. The summed E-state index contributed by atoms with van der Waals surface area (Å²) in [6.07, 6.45) is 1.12. The number of morpholine rings is 1. The van der Waals surface area contributed by atoms with Gasteiger partial charge >= 0.3 is 0 Å². The average Bonchev–Trinajstić information content (AvgIpc) is 2.97. The highest BCUT2D eigenvalue weighted by atomic mass is 16.5. The Bertz CT molecular complexity index is 962. The molecule has 0 spiro atoms. The van der Waals surface area contributed by atoms with E-state index >= 15 is 0 Å². The summed E-state index contributed by atoms with van der Waals surface area (Å²) in [5.41, 5.74) is 7.14. The lowest BCUT2D eigenvalue weighted by atomic mass is 10.0. The van der Waals surface area contributed by atoms with Crippen molar-refractivity contribution in [1.29, 1.82) is 0 Å². The Labute approximate surface area is 161 Å². The van der Waals surface area contributed by atoms with Crippen LogP contribution >= 0.6 is 0 Å². The summed E-state index contributed by atoms with van der Waals surface area (Å²) >= 11 is 0. The highest BCUT2D eigenvalue weighted by Gasteiger charge is 2.25. The van der Waals surface area contributed by atoms with Gasteiger partial charge < -0.3 is 9.64 Å². The molecule has 1 unspecified atom stereocenters. The Hall–Kier alpha value is -2.40. The van der Waals surface area contributed by atoms with Gasteiger partial charge in [-0.3, -0.25) is 9.67 Å². The average molecular weight is 364 g/mol. The molecule has 1 aliphatic heterocycles. The Kier molecular flexibility index (Phi) is 4.87. The number of nitrogens with zero attached hydrogens (tertiary/aromatic N) is 4. The van der Waals surface area contributed by atoms with Crippen molar-refractivity contribution in [3.63, 3.8) is 0 Å². The van der Waals surface area contributed by atoms with Crippen LogP contribution in [0.3, 0.4) is 0 Å². The van der Waals surface area contributed by atoms with Gasteiger partial charge in [-0.1, -0.05) is 25.1 Å². The van der Waals surface area contributed by atoms with E-state index in [-0.39, 0.29) is 6.10 Å². The molecule has 0 aliphatic carbocycles. The van der Waals surface area contributed by atoms with Crippen molar-refractivity contribution in [3.8, 4) is 0 Å². The van der Waals surface area contributed by atoms with Crippen molar-refractivity contribution in [2.45, 2.75) is 46.8 Å². The molecule has 1 atom stereocenters. The Morgan fingerprint density at radius 1 is 1.19 bits per heavy atom. The summed E-state index contributed by atoms with van der Waals surface area (Å²) in [5.74, 6) is 0. The second kappa shape index (κ2) is 7.31. The maximum Gasteiger partial charge on any atom is 0.0946 e. The molecule has 0 amide bonds. The van der Waals surface area contributed by atoms with E-state index in [0.29, 0.717) is 0 Å². The minimum absolute atomic E-state index is 0.133. The van der Waals surface area contributed by atoms with Crippen LogP contribution in [0.25, 0.3) is 10.9 Å². The maximum atomic E-state index is 6.10. The third kappa shape index (κ3) is 3.44. The van der Waals surface area contributed by atoms with Crippen LogP contribution in [0.1, 0.15) is 29.6 Å². The van der Waals surface area contributed by atoms with Gasteiger partial charge in [0, 0.05) is 29.9 Å². The standard InChI is InChI=1S/C22H28N4O/c1-5-19-17(4)23-21-9-7-6-8-20(21)22(19)25-10-11-27-18(13-25)14-26-16(3)12-15(2)24-26/h6-9,12,18H,5,10-11,13-14H2,1-4H3. The summed E-state index contributed by atoms with van der Waals surface area (Å²) in [5, 5.41) is 5.85. The fraction of sp³-hybridized carbons (Fsp3) is 0.455. The van der Waals surface area contributed by atoms with E-state index in [1.165, 1.54) is 22.3 Å². The molecular formula is C22H28N4O. The fourth-order valence-corrected chi connectivity index (χ4v) is 4.22. The molecule has 1 saturated heterocycles. The van der Waals surface area contributed by atoms with E-state index in [0.717, 1.165) is 49.6 Å². The molecule has 3 aromatic rings. The van der Waals surface area contributed by atoms with Gasteiger partial charge in [0.1, 0.15) is 0 Å². The van der Waals surface area contributed by atoms with Gasteiger partial charge in [0.25, 0.3) is 0 Å². The van der Waals surface area contributed by atoms with Gasteiger partial charge in [0.05, 0.1) is 36.2 Å². The number of fused-ring (bicyclic) bond motifs is 1. The Morgan fingerprint density at radius 2 is 2.00 bits per heavy atom. The fourth-order valence-electron chi connectivity index (χ4n) is 4.22. The van der Waals surface area contributed by atoms with Crippen LogP contribution in [0.15, 0.2) is 30.3 Å². The number of hydrogen-bond donors (Lipinski definition) is 0. The molecule has 142 valence electrons. The number of benzene rings is 1. The van der Waals surface area contributed by atoms with E-state index in [4.69, 9.17) is 9.72 Å². The van der Waals surface area contributed by atoms with E-state index in [1.54, 1.807) is 0 Å². The van der Waals surface area contributed by atoms with Crippen LogP contribution in [0.5, 0.6) is 0 Å². The smallest absolute Gasteiger partial charge is 0.0946 e. The lowest BCUT2D eigenvalue weighted by molar-refractivity contribution is 0.0270. The number of ether oxygens (including phenoxy) is 1. The molecule has 27 heavy (non-hydrogen) atoms. The van der Waals surface area contributed by atoms with E-state index in [2.05, 4.69) is 65.8 Å². The molecule has 5 nitrogen and oxygen atoms in total. The van der Waals surface area contributed by atoms with Gasteiger partial charge in [-0.25, -0.2) is 0 Å². The largest absolute Gasteiger partial charge is 0.373 e. The molecule has 2 aromatic heterocycles. The van der Waals surface area contributed by atoms with Crippen LogP contribution in [0.2, 0.25) is 0 Å². The number of pyridine rings is 1. The highest BCUT2D eigenvalue weighted by molar-refractivity contribution is 5.94. The molecule has 0 bridgehead atoms. The first kappa shape index (κ1) is 18.0. The summed E-state index contributed by atoms with van der Waals surface area (Å²) in [6.45, 7) is 11.8. The second-order valence-corrected chi connectivity index (χ2v) is 7.44. The highest BCUT2D eigenvalue weighted by Crippen LogP contribution is 2.33. The normalized spacial score (nSPS) is 17.6. The summed E-state index contributed by atoms with van der Waals surface area (Å²) in [6, 6.07) is 10.6. The van der Waals surface area contributed by atoms with Gasteiger partial charge in [-0.15, -0.1) is 0 Å². The first-order chi connectivity index (χ1) is 13.1. The first-order valence-corrected chi connectivity index (χ1v) is 9.82. The molecule has 0 saturated carbocycles. The number of rotatable bonds is 4. The molecule has 5 heteroatoms. The van der Waals surface area contributed by atoms with E-state index in [1.807, 2.05) is 6.92 Å². The zero-order chi connectivity index (χ0) is 19.0. The van der Waals surface area contributed by atoms with Crippen LogP contribution in [-0.4, -0.2) is 40.6 Å². The van der Waals surface area contributed by atoms with Gasteiger partial charge in [-0.2, -0.15) is 5.10 Å². The zero-order valence-corrected chi connectivity index (χ0v) is 16.7. The van der Waals surface area contributed by atoms with Crippen molar-refractivity contribution >= 4 is 16.6 Å². The third-order valence-corrected chi connectivity index (χ3v) is 5.46. The minimum atomic E-state index is 0.133. The van der Waals surface area contributed by atoms with Crippen molar-refractivity contribution < 1.29 is 4.74 Å². The molecule has 4 rings (SSSR count). The molecular weight excluding hydrogens is 336 g/mol. The summed E-state index contributed by atoms with van der Waals surface area (Å²) < 4.78 is 8.17. The predicted molar refractivity (Wildman–Crippen MR) is 110 cm³/mol. The molecule has 1 fully saturated rings. The predicted octanol–water partition coefficient (Wildman–Crippen LogP) is 3.82. The number of para-hydroxylation sites is 1. The molecule has 0 N–H and O–H groups in total. The number of anilines is 1. The maximum absolute atomic E-state index is 6.10. The van der Waals surface area contributed by atoms with Crippen molar-refractivity contribution in [2.75, 3.05) is 24.6 Å². The third-order valence-electron chi connectivity index (χ3n) is 5.46. The zero-order valence-electron chi connectivity index (χ0n) is 16.7. The van der Waals surface area contributed by atoms with Crippen LogP contribution in [0, 0.1) is 20.8 Å². The lowest BCUT2D eigenvalue weighted by Gasteiger charge is -2.36. The topological polar surface area (TPSA) is 43.2 Å². The quantitative estimate of drug-likeness (QED) is 0.706. The lowest BCUT2D eigenvalue weighted by Crippen LogP contribution is -2.45. The summed E-state index contributed by atoms with van der Waals surface area (Å²) in [4.78, 5) is 7.33. The number of aryl methyl sites for hydroxylation is 3. The number of hydrogen-bond acceptors (Lipinski definition) is 4. The van der Waals surface area contributed by atoms with Gasteiger partial charge in [0.15, 0.2) is 0 Å². The second-order valence-electron chi connectivity index (χ2n) is 7.44. The van der Waals surface area contributed by atoms with Gasteiger partial charge in [-0.05, 0) is 44.9 Å². The molecule has 3 heterocycles. The van der Waals surface area contributed by atoms with Gasteiger partial charge in [0.2, 0.25) is 0 Å². The van der Waals surface area contributed by atoms with Crippen molar-refractivity contribution in [2.24, 2.45) is 0 Å². The Morgan fingerprint density at radius 3 is 2.74 bits per heavy atom. The monoisotopic (exact) mass is 364 g/mol. The Balaban J connectivity index is 1.68. The molecule has 1 aromatic carbocycles. The van der Waals surface area contributed by atoms with Crippen molar-refractivity contribution in [3.05, 3.63) is 53.0 Å². The SMILES string of the molecule is CCc1c(C)nc2ccccc2c1N1CCOC(Cn2nc(C)cc2C)C1. The molecule has 0 radical (unpaired) electrons. The van der Waals surface area contributed by atoms with Crippen LogP contribution < -0.4 is 4.90 Å². The van der Waals surface area contributed by atoms with Crippen molar-refractivity contribution in [1.82, 2.24) is 14.8 Å².